The van der Waals surface area contributed by atoms with E-state index in [4.69, 9.17) is 16.3 Å². The van der Waals surface area contributed by atoms with Gasteiger partial charge in [0.25, 0.3) is 0 Å². The highest BCUT2D eigenvalue weighted by molar-refractivity contribution is 6.01. The summed E-state index contributed by atoms with van der Waals surface area (Å²) in [6.07, 6.45) is 0. The summed E-state index contributed by atoms with van der Waals surface area (Å²) in [5.74, 6) is 6.99. The highest BCUT2D eigenvalue weighted by atomic mass is 16.5. The number of anilines is 2. The van der Waals surface area contributed by atoms with E-state index in [2.05, 4.69) is 16.9 Å². The number of nitrogens with two attached hydrogens (primary N) is 2. The quantitative estimate of drug-likeness (QED) is 0.300. The van der Waals surface area contributed by atoms with Crippen LogP contribution in [-0.4, -0.2) is 19.2 Å². The summed E-state index contributed by atoms with van der Waals surface area (Å²) in [7, 11) is 0. The number of hydrogen-bond acceptors (Lipinski definition) is 5. The maximum absolute atomic E-state index is 5.82. The van der Waals surface area contributed by atoms with Crippen molar-refractivity contribution < 1.29 is 4.74 Å². The van der Waals surface area contributed by atoms with Crippen molar-refractivity contribution >= 4 is 23.9 Å². The molecule has 0 saturated heterocycles. The molecule has 0 radical (unpaired) electrons. The van der Waals surface area contributed by atoms with Gasteiger partial charge < -0.3 is 10.5 Å². The second-order valence-corrected chi connectivity index (χ2v) is 3.04. The number of hydrazine groups is 1. The van der Waals surface area contributed by atoms with Crippen molar-refractivity contribution in [3.05, 3.63) is 18.2 Å². The fourth-order valence-corrected chi connectivity index (χ4v) is 1.35. The Morgan fingerprint density at radius 2 is 2.27 bits per heavy atom. The SMILES string of the molecule is C=N/N=C1/COc2ccc(N)cc2N1N. The zero-order chi connectivity index (χ0) is 10.8. The molecule has 1 aliphatic heterocycles. The summed E-state index contributed by atoms with van der Waals surface area (Å²) in [4.78, 5) is 0. The molecule has 0 bridgehead atoms. The zero-order valence-electron chi connectivity index (χ0n) is 8.05. The van der Waals surface area contributed by atoms with Gasteiger partial charge in [-0.3, -0.25) is 5.01 Å². The standard InChI is InChI=1S/C9H11N5O/c1-12-13-9-5-15-8-3-2-6(10)4-7(8)14(9)11/h2-4H,1,5,10-11H2/b13-9-. The monoisotopic (exact) mass is 205 g/mol. The van der Waals surface area contributed by atoms with Crippen LogP contribution in [-0.2, 0) is 0 Å². The summed E-state index contributed by atoms with van der Waals surface area (Å²) in [5, 5.41) is 8.56. The number of fused-ring (bicyclic) bond motifs is 1. The lowest BCUT2D eigenvalue weighted by molar-refractivity contribution is 0.366. The van der Waals surface area contributed by atoms with Gasteiger partial charge in [-0.1, -0.05) is 0 Å². The maximum Gasteiger partial charge on any atom is 0.184 e. The van der Waals surface area contributed by atoms with Crippen molar-refractivity contribution in [3.8, 4) is 5.75 Å². The third-order valence-corrected chi connectivity index (χ3v) is 2.06. The minimum Gasteiger partial charge on any atom is -0.483 e. The molecule has 1 aliphatic rings. The Morgan fingerprint density at radius 3 is 3.00 bits per heavy atom. The third kappa shape index (κ3) is 1.62. The van der Waals surface area contributed by atoms with Crippen molar-refractivity contribution in [2.45, 2.75) is 0 Å². The van der Waals surface area contributed by atoms with Crippen LogP contribution in [0, 0.1) is 0 Å². The molecule has 0 unspecified atom stereocenters. The normalized spacial score (nSPS) is 17.1. The lowest BCUT2D eigenvalue weighted by Crippen LogP contribution is -2.44. The molecule has 15 heavy (non-hydrogen) atoms. The summed E-state index contributed by atoms with van der Waals surface area (Å²) >= 11 is 0. The molecule has 0 spiro atoms. The number of amidine groups is 1. The van der Waals surface area contributed by atoms with Gasteiger partial charge >= 0.3 is 0 Å². The highest BCUT2D eigenvalue weighted by Crippen LogP contribution is 2.32. The van der Waals surface area contributed by atoms with E-state index in [0.29, 0.717) is 23.0 Å². The third-order valence-electron chi connectivity index (χ3n) is 2.06. The molecule has 2 rings (SSSR count). The molecule has 6 nitrogen and oxygen atoms in total. The van der Waals surface area contributed by atoms with Crippen molar-refractivity contribution in [3.63, 3.8) is 0 Å². The number of rotatable bonds is 1. The second-order valence-electron chi connectivity index (χ2n) is 3.04. The average molecular weight is 205 g/mol. The van der Waals surface area contributed by atoms with E-state index in [-0.39, 0.29) is 6.61 Å². The van der Waals surface area contributed by atoms with Crippen molar-refractivity contribution in [2.24, 2.45) is 16.0 Å². The average Bonchev–Trinajstić information content (AvgIpc) is 2.23. The Bertz CT molecular complexity index is 429. The van der Waals surface area contributed by atoms with Gasteiger partial charge in [0, 0.05) is 12.4 Å². The zero-order valence-corrected chi connectivity index (χ0v) is 8.05. The molecule has 0 amide bonds. The molecule has 6 heteroatoms. The van der Waals surface area contributed by atoms with Crippen LogP contribution < -0.4 is 21.3 Å². The van der Waals surface area contributed by atoms with E-state index < -0.39 is 0 Å². The van der Waals surface area contributed by atoms with Crippen LogP contribution >= 0.6 is 0 Å². The first-order valence-electron chi connectivity index (χ1n) is 4.32. The first kappa shape index (κ1) is 9.47. The van der Waals surface area contributed by atoms with Crippen LogP contribution in [0.25, 0.3) is 0 Å². The van der Waals surface area contributed by atoms with Crippen LogP contribution in [0.4, 0.5) is 11.4 Å². The van der Waals surface area contributed by atoms with Gasteiger partial charge in [0.15, 0.2) is 5.84 Å². The smallest absolute Gasteiger partial charge is 0.184 e. The van der Waals surface area contributed by atoms with E-state index in [0.717, 1.165) is 0 Å². The van der Waals surface area contributed by atoms with E-state index in [1.54, 1.807) is 18.2 Å². The minimum absolute atomic E-state index is 0.270. The first-order valence-corrected chi connectivity index (χ1v) is 4.32. The van der Waals surface area contributed by atoms with Gasteiger partial charge in [-0.25, -0.2) is 5.84 Å². The summed E-state index contributed by atoms with van der Waals surface area (Å²) < 4.78 is 5.42. The van der Waals surface area contributed by atoms with Gasteiger partial charge in [-0.15, -0.1) is 5.10 Å². The molecule has 78 valence electrons. The summed E-state index contributed by atoms with van der Waals surface area (Å²) in [5.41, 5.74) is 6.93. The van der Waals surface area contributed by atoms with E-state index in [9.17, 15) is 0 Å². The van der Waals surface area contributed by atoms with Crippen molar-refractivity contribution in [2.75, 3.05) is 17.3 Å². The van der Waals surface area contributed by atoms with Crippen molar-refractivity contribution in [1.29, 1.82) is 0 Å². The Kier molecular flexibility index (Phi) is 2.26. The summed E-state index contributed by atoms with van der Waals surface area (Å²) in [6.45, 7) is 3.53. The molecule has 1 aromatic rings. The van der Waals surface area contributed by atoms with Crippen molar-refractivity contribution in [1.82, 2.24) is 0 Å². The molecule has 1 aromatic carbocycles. The molecular weight excluding hydrogens is 194 g/mol. The molecule has 0 aliphatic carbocycles. The summed E-state index contributed by atoms with van der Waals surface area (Å²) in [6, 6.07) is 5.23. The predicted octanol–water partition coefficient (Wildman–Crippen LogP) is 0.355. The fourth-order valence-electron chi connectivity index (χ4n) is 1.35. The van der Waals surface area contributed by atoms with Gasteiger partial charge in [-0.2, -0.15) is 5.10 Å². The Balaban J connectivity index is 2.44. The number of nitrogens with zero attached hydrogens (tertiary/aromatic N) is 3. The lowest BCUT2D eigenvalue weighted by Gasteiger charge is -2.27. The molecule has 0 fully saturated rings. The topological polar surface area (TPSA) is 89.2 Å². The fraction of sp³-hybridized carbons (Fsp3) is 0.111. The van der Waals surface area contributed by atoms with Crippen LogP contribution in [0.15, 0.2) is 28.4 Å². The van der Waals surface area contributed by atoms with Gasteiger partial charge in [0.1, 0.15) is 18.0 Å². The Morgan fingerprint density at radius 1 is 1.47 bits per heavy atom. The Hall–Kier alpha value is -2.08. The van der Waals surface area contributed by atoms with E-state index in [1.807, 2.05) is 0 Å². The van der Waals surface area contributed by atoms with Gasteiger partial charge in [0.2, 0.25) is 0 Å². The number of benzene rings is 1. The Labute approximate surface area is 86.8 Å². The predicted molar refractivity (Wildman–Crippen MR) is 60.0 cm³/mol. The van der Waals surface area contributed by atoms with Gasteiger partial charge in [0.05, 0.1) is 0 Å². The molecule has 0 atom stereocenters. The van der Waals surface area contributed by atoms with Crippen LogP contribution in [0.1, 0.15) is 0 Å². The number of ether oxygens (including phenoxy) is 1. The largest absolute Gasteiger partial charge is 0.483 e. The minimum atomic E-state index is 0.270. The number of nitrogen functional groups attached to an aromatic ring is 1. The second kappa shape index (κ2) is 3.58. The van der Waals surface area contributed by atoms with E-state index in [1.165, 1.54) is 5.01 Å². The molecule has 4 N–H and O–H groups in total. The molecule has 0 aromatic heterocycles. The molecule has 1 heterocycles. The highest BCUT2D eigenvalue weighted by Gasteiger charge is 2.21. The van der Waals surface area contributed by atoms with E-state index >= 15 is 0 Å². The first-order chi connectivity index (χ1) is 7.22. The van der Waals surface area contributed by atoms with Crippen LogP contribution in [0.5, 0.6) is 5.75 Å². The molecular formula is C9H11N5O. The van der Waals surface area contributed by atoms with Crippen LogP contribution in [0.3, 0.4) is 0 Å². The molecule has 0 saturated carbocycles. The number of hydrogen-bond donors (Lipinski definition) is 2. The van der Waals surface area contributed by atoms with Crippen LogP contribution in [0.2, 0.25) is 0 Å². The van der Waals surface area contributed by atoms with Gasteiger partial charge in [-0.05, 0) is 18.2 Å². The lowest BCUT2D eigenvalue weighted by atomic mass is 10.2. The maximum atomic E-state index is 5.82.